The second kappa shape index (κ2) is 9.89. The van der Waals surface area contributed by atoms with Crippen molar-refractivity contribution in [3.63, 3.8) is 0 Å². The number of benzene rings is 1. The molecule has 1 aromatic carbocycles. The molecule has 2 aromatic rings. The van der Waals surface area contributed by atoms with Crippen LogP contribution in [0, 0.1) is 5.82 Å². The van der Waals surface area contributed by atoms with Crippen LogP contribution in [0.4, 0.5) is 4.39 Å². The smallest absolute Gasteiger partial charge is 0.191 e. The third kappa shape index (κ3) is 5.23. The standard InChI is InChI=1S/C21H32FN5O/c1-4-23-21(26-12-15(2)27-9-10-28-14-16(27)3)24-8-7-17-13-25-20-6-5-18(22)11-19(17)20/h5-6,11,13,15-16,25H,4,7-10,12,14H2,1-3H3,(H2,23,24,26). The monoisotopic (exact) mass is 389 g/mol. The lowest BCUT2D eigenvalue weighted by Crippen LogP contribution is -2.49. The van der Waals surface area contributed by atoms with Gasteiger partial charge in [0, 0.05) is 48.8 Å². The molecular weight excluding hydrogens is 357 g/mol. The van der Waals surface area contributed by atoms with E-state index in [0.29, 0.717) is 12.1 Å². The summed E-state index contributed by atoms with van der Waals surface area (Å²) in [4.78, 5) is 10.4. The Morgan fingerprint density at radius 2 is 2.29 bits per heavy atom. The molecule has 1 aliphatic rings. The molecule has 1 saturated heterocycles. The van der Waals surface area contributed by atoms with Crippen LogP contribution >= 0.6 is 0 Å². The summed E-state index contributed by atoms with van der Waals surface area (Å²) in [6.07, 6.45) is 2.75. The maximum Gasteiger partial charge on any atom is 0.191 e. The van der Waals surface area contributed by atoms with Crippen LogP contribution in [0.15, 0.2) is 29.4 Å². The Labute approximate surface area is 166 Å². The maximum absolute atomic E-state index is 13.5. The average Bonchev–Trinajstić information content (AvgIpc) is 3.08. The normalized spacial score (nSPS) is 19.7. The molecule has 0 amide bonds. The van der Waals surface area contributed by atoms with Crippen LogP contribution < -0.4 is 10.6 Å². The van der Waals surface area contributed by atoms with Gasteiger partial charge in [-0.05, 0) is 51.0 Å². The van der Waals surface area contributed by atoms with Crippen molar-refractivity contribution in [1.82, 2.24) is 20.5 Å². The Kier molecular flexibility index (Phi) is 7.28. The molecular formula is C21H32FN5O. The van der Waals surface area contributed by atoms with Gasteiger partial charge < -0.3 is 20.4 Å². The third-order valence-electron chi connectivity index (χ3n) is 5.26. The van der Waals surface area contributed by atoms with E-state index < -0.39 is 0 Å². The molecule has 2 atom stereocenters. The van der Waals surface area contributed by atoms with E-state index in [1.807, 2.05) is 6.20 Å². The van der Waals surface area contributed by atoms with Gasteiger partial charge in [-0.1, -0.05) is 0 Å². The van der Waals surface area contributed by atoms with Crippen LogP contribution in [0.25, 0.3) is 10.9 Å². The second-order valence-corrected chi connectivity index (χ2v) is 7.41. The molecule has 1 aliphatic heterocycles. The van der Waals surface area contributed by atoms with Crippen molar-refractivity contribution in [3.05, 3.63) is 35.8 Å². The number of morpholine rings is 1. The van der Waals surface area contributed by atoms with Crippen molar-refractivity contribution in [2.24, 2.45) is 4.99 Å². The van der Waals surface area contributed by atoms with E-state index in [2.05, 4.69) is 41.3 Å². The van der Waals surface area contributed by atoms with Crippen LogP contribution in [0.1, 0.15) is 26.3 Å². The van der Waals surface area contributed by atoms with Gasteiger partial charge >= 0.3 is 0 Å². The molecule has 154 valence electrons. The molecule has 0 spiro atoms. The van der Waals surface area contributed by atoms with Crippen LogP contribution in [0.5, 0.6) is 0 Å². The van der Waals surface area contributed by atoms with Crippen LogP contribution in [-0.2, 0) is 11.2 Å². The highest BCUT2D eigenvalue weighted by molar-refractivity contribution is 5.83. The highest BCUT2D eigenvalue weighted by atomic mass is 19.1. The minimum atomic E-state index is -0.206. The van der Waals surface area contributed by atoms with E-state index in [-0.39, 0.29) is 5.82 Å². The van der Waals surface area contributed by atoms with Crippen molar-refractivity contribution in [2.45, 2.75) is 39.3 Å². The van der Waals surface area contributed by atoms with Crippen molar-refractivity contribution in [2.75, 3.05) is 39.4 Å². The van der Waals surface area contributed by atoms with Crippen LogP contribution in [0.3, 0.4) is 0 Å². The summed E-state index contributed by atoms with van der Waals surface area (Å²) in [6.45, 7) is 11.3. The molecule has 3 rings (SSSR count). The highest BCUT2D eigenvalue weighted by Gasteiger charge is 2.23. The zero-order valence-electron chi connectivity index (χ0n) is 17.1. The van der Waals surface area contributed by atoms with E-state index in [0.717, 1.165) is 68.2 Å². The first-order valence-corrected chi connectivity index (χ1v) is 10.2. The second-order valence-electron chi connectivity index (χ2n) is 7.41. The first kappa shape index (κ1) is 20.6. The lowest BCUT2D eigenvalue weighted by Gasteiger charge is -2.37. The number of rotatable bonds is 7. The Morgan fingerprint density at radius 3 is 3.07 bits per heavy atom. The molecule has 0 aliphatic carbocycles. The number of hydrogen-bond acceptors (Lipinski definition) is 3. The van der Waals surface area contributed by atoms with E-state index in [9.17, 15) is 4.39 Å². The Bertz CT molecular complexity index is 790. The number of nitrogens with one attached hydrogen (secondary N) is 3. The van der Waals surface area contributed by atoms with Crippen molar-refractivity contribution < 1.29 is 9.13 Å². The molecule has 2 unspecified atom stereocenters. The first-order chi connectivity index (χ1) is 13.6. The minimum absolute atomic E-state index is 0.206. The van der Waals surface area contributed by atoms with Crippen molar-refractivity contribution >= 4 is 16.9 Å². The van der Waals surface area contributed by atoms with Crippen LogP contribution in [-0.4, -0.2) is 67.3 Å². The maximum atomic E-state index is 13.5. The molecule has 2 heterocycles. The Morgan fingerprint density at radius 1 is 1.43 bits per heavy atom. The van der Waals surface area contributed by atoms with Gasteiger partial charge in [0.2, 0.25) is 0 Å². The number of guanidine groups is 1. The number of nitrogens with zero attached hydrogens (tertiary/aromatic N) is 2. The van der Waals surface area contributed by atoms with Gasteiger partial charge in [-0.15, -0.1) is 0 Å². The SMILES string of the molecule is CCNC(=NCC(C)N1CCOCC1C)NCCc1c[nH]c2ccc(F)cc12. The summed E-state index contributed by atoms with van der Waals surface area (Å²) in [5, 5.41) is 7.65. The fraction of sp³-hybridized carbons (Fsp3) is 0.571. The fourth-order valence-corrected chi connectivity index (χ4v) is 3.74. The fourth-order valence-electron chi connectivity index (χ4n) is 3.74. The van der Waals surface area contributed by atoms with E-state index in [4.69, 9.17) is 9.73 Å². The van der Waals surface area contributed by atoms with Crippen molar-refractivity contribution in [1.29, 1.82) is 0 Å². The number of hydrogen-bond donors (Lipinski definition) is 3. The number of aromatic nitrogens is 1. The summed E-state index contributed by atoms with van der Waals surface area (Å²) in [5.74, 6) is 0.615. The highest BCUT2D eigenvalue weighted by Crippen LogP contribution is 2.19. The zero-order chi connectivity index (χ0) is 19.9. The minimum Gasteiger partial charge on any atom is -0.379 e. The number of ether oxygens (including phenoxy) is 1. The topological polar surface area (TPSA) is 64.7 Å². The van der Waals surface area contributed by atoms with Crippen LogP contribution in [0.2, 0.25) is 0 Å². The summed E-state index contributed by atoms with van der Waals surface area (Å²) < 4.78 is 19.1. The zero-order valence-corrected chi connectivity index (χ0v) is 17.1. The van der Waals surface area contributed by atoms with E-state index in [1.54, 1.807) is 12.1 Å². The summed E-state index contributed by atoms with van der Waals surface area (Å²) in [6, 6.07) is 5.64. The van der Waals surface area contributed by atoms with Gasteiger partial charge in [0.25, 0.3) is 0 Å². The number of fused-ring (bicyclic) bond motifs is 1. The quantitative estimate of drug-likeness (QED) is 0.503. The van der Waals surface area contributed by atoms with Crippen molar-refractivity contribution in [3.8, 4) is 0 Å². The summed E-state index contributed by atoms with van der Waals surface area (Å²) in [5.41, 5.74) is 2.07. The van der Waals surface area contributed by atoms with Gasteiger partial charge in [0.1, 0.15) is 5.82 Å². The summed E-state index contributed by atoms with van der Waals surface area (Å²) >= 11 is 0. The van der Waals surface area contributed by atoms with Gasteiger partial charge in [0.15, 0.2) is 5.96 Å². The Balaban J connectivity index is 1.54. The molecule has 0 saturated carbocycles. The number of aromatic amines is 1. The Hall–Kier alpha value is -2.12. The predicted octanol–water partition coefficient (Wildman–Crippen LogP) is 2.51. The lowest BCUT2D eigenvalue weighted by molar-refractivity contribution is -0.0165. The number of halogens is 1. The molecule has 0 bridgehead atoms. The van der Waals surface area contributed by atoms with Gasteiger partial charge in [-0.2, -0.15) is 0 Å². The molecule has 1 aromatic heterocycles. The van der Waals surface area contributed by atoms with E-state index >= 15 is 0 Å². The van der Waals surface area contributed by atoms with E-state index in [1.165, 1.54) is 6.07 Å². The molecule has 3 N–H and O–H groups in total. The molecule has 28 heavy (non-hydrogen) atoms. The first-order valence-electron chi connectivity index (χ1n) is 10.2. The third-order valence-corrected chi connectivity index (χ3v) is 5.26. The van der Waals surface area contributed by atoms with Gasteiger partial charge in [0.05, 0.1) is 19.8 Å². The lowest BCUT2D eigenvalue weighted by atomic mass is 10.1. The molecule has 0 radical (unpaired) electrons. The number of aliphatic imine (C=N–C) groups is 1. The molecule has 6 nitrogen and oxygen atoms in total. The van der Waals surface area contributed by atoms with Gasteiger partial charge in [-0.3, -0.25) is 9.89 Å². The number of H-pyrrole nitrogens is 1. The predicted molar refractivity (Wildman–Crippen MR) is 112 cm³/mol. The molecule has 7 heteroatoms. The molecule has 1 fully saturated rings. The summed E-state index contributed by atoms with van der Waals surface area (Å²) in [7, 11) is 0. The largest absolute Gasteiger partial charge is 0.379 e. The average molecular weight is 390 g/mol. The van der Waals surface area contributed by atoms with Gasteiger partial charge in [-0.25, -0.2) is 4.39 Å².